The van der Waals surface area contributed by atoms with Gasteiger partial charge in [0.1, 0.15) is 23.2 Å². The highest BCUT2D eigenvalue weighted by Gasteiger charge is 2.18. The van der Waals surface area contributed by atoms with Crippen molar-refractivity contribution in [1.82, 2.24) is 0 Å². The van der Waals surface area contributed by atoms with Gasteiger partial charge in [-0.2, -0.15) is 0 Å². The molecule has 0 unspecified atom stereocenters. The van der Waals surface area contributed by atoms with Gasteiger partial charge in [-0.15, -0.1) is 0 Å². The van der Waals surface area contributed by atoms with Gasteiger partial charge in [-0.25, -0.2) is 4.79 Å². The first-order valence-electron chi connectivity index (χ1n) is 6.01. The predicted molar refractivity (Wildman–Crippen MR) is 71.3 cm³/mol. The average molecular weight is 256 g/mol. The molecule has 1 heterocycles. The normalized spacial score (nSPS) is 11.0. The van der Waals surface area contributed by atoms with E-state index in [0.29, 0.717) is 28.5 Å². The second kappa shape index (κ2) is 4.31. The Hall–Kier alpha value is -2.49. The van der Waals surface area contributed by atoms with Crippen LogP contribution in [0.3, 0.4) is 0 Å². The number of carbonyl (C=O) groups is 1. The Labute approximate surface area is 109 Å². The average Bonchev–Trinajstić information content (AvgIpc) is 2.83. The number of phenols is 1. The zero-order chi connectivity index (χ0) is 13.4. The van der Waals surface area contributed by atoms with Crippen molar-refractivity contribution in [2.24, 2.45) is 0 Å². The van der Waals surface area contributed by atoms with Crippen LogP contribution in [0.25, 0.3) is 21.7 Å². The summed E-state index contributed by atoms with van der Waals surface area (Å²) in [6.07, 6.45) is 1.37. The van der Waals surface area contributed by atoms with Gasteiger partial charge in [-0.3, -0.25) is 0 Å². The molecular formula is C15H12O4. The second-order valence-corrected chi connectivity index (χ2v) is 4.19. The van der Waals surface area contributed by atoms with Gasteiger partial charge in [0.25, 0.3) is 0 Å². The number of phenolic OH excluding ortho intramolecular Hbond substituents is 1. The van der Waals surface area contributed by atoms with Gasteiger partial charge in [0.15, 0.2) is 0 Å². The van der Waals surface area contributed by atoms with Crippen LogP contribution in [0.5, 0.6) is 5.75 Å². The summed E-state index contributed by atoms with van der Waals surface area (Å²) in [7, 11) is 0. The molecule has 0 amide bonds. The number of carbonyl (C=O) groups excluding carboxylic acids is 1. The molecule has 3 rings (SSSR count). The topological polar surface area (TPSA) is 59.7 Å². The summed E-state index contributed by atoms with van der Waals surface area (Å²) in [4.78, 5) is 11.8. The van der Waals surface area contributed by atoms with Crippen LogP contribution in [-0.2, 0) is 4.74 Å². The molecule has 96 valence electrons. The third kappa shape index (κ3) is 1.73. The van der Waals surface area contributed by atoms with E-state index in [9.17, 15) is 9.90 Å². The molecule has 0 aliphatic rings. The lowest BCUT2D eigenvalue weighted by atomic mass is 10.0. The number of benzene rings is 2. The molecule has 0 bridgehead atoms. The van der Waals surface area contributed by atoms with Crippen LogP contribution in [0.4, 0.5) is 0 Å². The summed E-state index contributed by atoms with van der Waals surface area (Å²) in [5, 5.41) is 12.1. The number of furan rings is 1. The van der Waals surface area contributed by atoms with E-state index in [-0.39, 0.29) is 5.75 Å². The first kappa shape index (κ1) is 11.6. The van der Waals surface area contributed by atoms with Crippen LogP contribution in [0.2, 0.25) is 0 Å². The van der Waals surface area contributed by atoms with E-state index in [1.165, 1.54) is 12.3 Å². The highest BCUT2D eigenvalue weighted by molar-refractivity contribution is 6.13. The molecule has 3 aromatic rings. The number of esters is 1. The van der Waals surface area contributed by atoms with Crippen molar-refractivity contribution in [1.29, 1.82) is 0 Å². The molecule has 0 radical (unpaired) electrons. The largest absolute Gasteiger partial charge is 0.507 e. The summed E-state index contributed by atoms with van der Waals surface area (Å²) in [5.41, 5.74) is 0.911. The Morgan fingerprint density at radius 3 is 2.74 bits per heavy atom. The van der Waals surface area contributed by atoms with Gasteiger partial charge >= 0.3 is 5.97 Å². The smallest absolute Gasteiger partial charge is 0.342 e. The minimum Gasteiger partial charge on any atom is -0.507 e. The van der Waals surface area contributed by atoms with Gasteiger partial charge in [0.2, 0.25) is 0 Å². The molecule has 2 aromatic carbocycles. The molecule has 0 saturated carbocycles. The zero-order valence-electron chi connectivity index (χ0n) is 10.3. The molecular weight excluding hydrogens is 244 g/mol. The van der Waals surface area contributed by atoms with Crippen molar-refractivity contribution in [3.8, 4) is 5.75 Å². The van der Waals surface area contributed by atoms with Gasteiger partial charge in [0.05, 0.1) is 6.61 Å². The molecule has 0 aliphatic carbocycles. The van der Waals surface area contributed by atoms with Crippen LogP contribution >= 0.6 is 0 Å². The molecule has 0 saturated heterocycles. The summed E-state index contributed by atoms with van der Waals surface area (Å²) < 4.78 is 10.4. The summed E-state index contributed by atoms with van der Waals surface area (Å²) in [6, 6.07) is 8.87. The summed E-state index contributed by atoms with van der Waals surface area (Å²) >= 11 is 0. The number of rotatable bonds is 2. The highest BCUT2D eigenvalue weighted by Crippen LogP contribution is 2.35. The van der Waals surface area contributed by atoms with E-state index >= 15 is 0 Å². The van der Waals surface area contributed by atoms with Crippen LogP contribution in [0, 0.1) is 0 Å². The van der Waals surface area contributed by atoms with Crippen molar-refractivity contribution >= 4 is 27.7 Å². The lowest BCUT2D eigenvalue weighted by Crippen LogP contribution is -2.03. The van der Waals surface area contributed by atoms with Gasteiger partial charge in [-0.1, -0.05) is 24.3 Å². The number of hydrogen-bond acceptors (Lipinski definition) is 4. The fraction of sp³-hybridized carbons (Fsp3) is 0.133. The predicted octanol–water partition coefficient (Wildman–Crippen LogP) is 3.47. The maximum Gasteiger partial charge on any atom is 0.342 e. The first-order chi connectivity index (χ1) is 9.22. The van der Waals surface area contributed by atoms with Crippen molar-refractivity contribution in [2.45, 2.75) is 6.92 Å². The fourth-order valence-corrected chi connectivity index (χ4v) is 2.20. The maximum absolute atomic E-state index is 11.8. The van der Waals surface area contributed by atoms with Crippen molar-refractivity contribution in [3.63, 3.8) is 0 Å². The molecule has 0 aliphatic heterocycles. The van der Waals surface area contributed by atoms with E-state index in [0.717, 1.165) is 5.39 Å². The molecule has 4 nitrogen and oxygen atoms in total. The zero-order valence-corrected chi connectivity index (χ0v) is 10.3. The highest BCUT2D eigenvalue weighted by atomic mass is 16.5. The fourth-order valence-electron chi connectivity index (χ4n) is 2.20. The number of hydrogen-bond donors (Lipinski definition) is 1. The molecule has 4 heteroatoms. The third-order valence-corrected chi connectivity index (χ3v) is 3.05. The maximum atomic E-state index is 11.8. The van der Waals surface area contributed by atoms with Crippen LogP contribution in [0.1, 0.15) is 17.3 Å². The molecule has 0 atom stereocenters. The number of fused-ring (bicyclic) bond motifs is 3. The Balaban J connectivity index is 2.33. The molecule has 1 N–H and O–H groups in total. The van der Waals surface area contributed by atoms with E-state index < -0.39 is 5.97 Å². The van der Waals surface area contributed by atoms with Crippen molar-refractivity contribution in [2.75, 3.05) is 6.61 Å². The Bertz CT molecular complexity index is 770. The van der Waals surface area contributed by atoms with E-state index in [2.05, 4.69) is 0 Å². The van der Waals surface area contributed by atoms with Crippen LogP contribution in [-0.4, -0.2) is 17.7 Å². The third-order valence-electron chi connectivity index (χ3n) is 3.05. The lowest BCUT2D eigenvalue weighted by molar-refractivity contribution is 0.0527. The van der Waals surface area contributed by atoms with Gasteiger partial charge in [-0.05, 0) is 13.0 Å². The monoisotopic (exact) mass is 256 g/mol. The summed E-state index contributed by atoms with van der Waals surface area (Å²) in [6.45, 7) is 2.04. The lowest BCUT2D eigenvalue weighted by Gasteiger charge is -2.03. The van der Waals surface area contributed by atoms with Gasteiger partial charge < -0.3 is 14.3 Å². The van der Waals surface area contributed by atoms with Crippen molar-refractivity contribution in [3.05, 3.63) is 42.2 Å². The quantitative estimate of drug-likeness (QED) is 0.713. The standard InChI is InChI=1S/C15H12O4/c1-2-18-15(17)12-8-19-14-10-6-4-3-5-9(10)13(16)7-11(12)14/h3-8,16H,2H2,1H3. The van der Waals surface area contributed by atoms with E-state index in [1.54, 1.807) is 13.0 Å². The van der Waals surface area contributed by atoms with Gasteiger partial charge in [0, 0.05) is 16.2 Å². The molecule has 19 heavy (non-hydrogen) atoms. The van der Waals surface area contributed by atoms with Crippen LogP contribution < -0.4 is 0 Å². The number of aromatic hydroxyl groups is 1. The molecule has 0 spiro atoms. The summed E-state index contributed by atoms with van der Waals surface area (Å²) in [5.74, 6) is -0.328. The minimum atomic E-state index is -0.448. The van der Waals surface area contributed by atoms with E-state index in [1.807, 2.05) is 18.2 Å². The number of ether oxygens (including phenoxy) is 1. The first-order valence-corrected chi connectivity index (χ1v) is 6.01. The van der Waals surface area contributed by atoms with E-state index in [4.69, 9.17) is 9.15 Å². The van der Waals surface area contributed by atoms with Crippen LogP contribution in [0.15, 0.2) is 41.0 Å². The molecule has 0 fully saturated rings. The second-order valence-electron chi connectivity index (χ2n) is 4.19. The Morgan fingerprint density at radius 1 is 1.26 bits per heavy atom. The molecule has 1 aromatic heterocycles. The Kier molecular flexibility index (Phi) is 2.63. The van der Waals surface area contributed by atoms with Crippen molar-refractivity contribution < 1.29 is 19.1 Å². The Morgan fingerprint density at radius 2 is 2.00 bits per heavy atom. The SMILES string of the molecule is CCOC(=O)c1coc2c1cc(O)c1ccccc12. The minimum absolute atomic E-state index is 0.120.